The zero-order valence-corrected chi connectivity index (χ0v) is 12.3. The van der Waals surface area contributed by atoms with E-state index < -0.39 is 0 Å². The maximum Gasteiger partial charge on any atom is 0.126 e. The van der Waals surface area contributed by atoms with Gasteiger partial charge in [0.2, 0.25) is 0 Å². The van der Waals surface area contributed by atoms with Gasteiger partial charge in [0.05, 0.1) is 6.04 Å². The van der Waals surface area contributed by atoms with Crippen LogP contribution >= 0.6 is 0 Å². The van der Waals surface area contributed by atoms with Crippen LogP contribution in [-0.4, -0.2) is 11.5 Å². The lowest BCUT2D eigenvalue weighted by molar-refractivity contribution is 0.587. The lowest BCUT2D eigenvalue weighted by Crippen LogP contribution is -2.24. The van der Waals surface area contributed by atoms with E-state index in [0.29, 0.717) is 5.56 Å². The van der Waals surface area contributed by atoms with Gasteiger partial charge in [0, 0.05) is 12.4 Å². The van der Waals surface area contributed by atoms with Crippen molar-refractivity contribution in [3.63, 3.8) is 0 Å². The van der Waals surface area contributed by atoms with E-state index in [1.165, 1.54) is 11.6 Å². The monoisotopic (exact) mass is 272 g/mol. The van der Waals surface area contributed by atoms with Crippen LogP contribution in [0.5, 0.6) is 0 Å². The van der Waals surface area contributed by atoms with E-state index >= 15 is 0 Å². The maximum atomic E-state index is 13.5. The molecule has 0 bridgehead atoms. The summed E-state index contributed by atoms with van der Waals surface area (Å²) in [6.45, 7) is 6.92. The molecule has 1 aromatic heterocycles. The molecule has 2 rings (SSSR count). The molecule has 0 saturated heterocycles. The molecule has 1 unspecified atom stereocenters. The molecule has 0 spiro atoms. The average molecular weight is 272 g/mol. The predicted molar refractivity (Wildman–Crippen MR) is 80.2 cm³/mol. The fourth-order valence-corrected chi connectivity index (χ4v) is 2.32. The Morgan fingerprint density at radius 3 is 2.65 bits per heavy atom. The third-order valence-corrected chi connectivity index (χ3v) is 3.50. The summed E-state index contributed by atoms with van der Waals surface area (Å²) in [4.78, 5) is 4.23. The summed E-state index contributed by atoms with van der Waals surface area (Å²) in [7, 11) is 0. The van der Waals surface area contributed by atoms with Gasteiger partial charge in [0.1, 0.15) is 5.82 Å². The first-order valence-electron chi connectivity index (χ1n) is 7.03. The predicted octanol–water partition coefficient (Wildman–Crippen LogP) is 3.93. The van der Waals surface area contributed by atoms with E-state index in [2.05, 4.69) is 24.1 Å². The van der Waals surface area contributed by atoms with Crippen LogP contribution in [0.1, 0.15) is 41.6 Å². The molecule has 1 heterocycles. The van der Waals surface area contributed by atoms with E-state index in [1.54, 1.807) is 13.1 Å². The highest BCUT2D eigenvalue weighted by atomic mass is 19.1. The number of aryl methyl sites for hydroxylation is 2. The van der Waals surface area contributed by atoms with Gasteiger partial charge in [-0.1, -0.05) is 19.1 Å². The van der Waals surface area contributed by atoms with Crippen LogP contribution in [0.3, 0.4) is 0 Å². The first-order chi connectivity index (χ1) is 9.63. The normalized spacial score (nSPS) is 12.4. The largest absolute Gasteiger partial charge is 0.306 e. The summed E-state index contributed by atoms with van der Waals surface area (Å²) < 4.78 is 13.5. The van der Waals surface area contributed by atoms with Crippen molar-refractivity contribution in [3.05, 3.63) is 64.7 Å². The summed E-state index contributed by atoms with van der Waals surface area (Å²) in [5, 5.41) is 3.53. The zero-order valence-electron chi connectivity index (χ0n) is 12.3. The lowest BCUT2D eigenvalue weighted by Gasteiger charge is -2.21. The number of rotatable bonds is 5. The molecular weight excluding hydrogens is 251 g/mol. The molecule has 20 heavy (non-hydrogen) atoms. The van der Waals surface area contributed by atoms with Gasteiger partial charge in [-0.25, -0.2) is 4.39 Å². The Bertz CT molecular complexity index is 581. The summed E-state index contributed by atoms with van der Waals surface area (Å²) in [5.41, 5.74) is 4.09. The third-order valence-electron chi connectivity index (χ3n) is 3.50. The third kappa shape index (κ3) is 3.23. The van der Waals surface area contributed by atoms with Crippen molar-refractivity contribution in [1.82, 2.24) is 10.3 Å². The number of nitrogens with one attached hydrogen (secondary N) is 1. The van der Waals surface area contributed by atoms with Gasteiger partial charge in [-0.3, -0.25) is 4.98 Å². The van der Waals surface area contributed by atoms with Crippen molar-refractivity contribution in [2.24, 2.45) is 0 Å². The summed E-state index contributed by atoms with van der Waals surface area (Å²) in [5.74, 6) is -0.161. The van der Waals surface area contributed by atoms with Crippen LogP contribution in [-0.2, 0) is 0 Å². The SMILES string of the molecule is CCCNC(c1ccc(F)c(C)c1)c1cnccc1C. The summed E-state index contributed by atoms with van der Waals surface area (Å²) in [6, 6.07) is 7.36. The second kappa shape index (κ2) is 6.62. The van der Waals surface area contributed by atoms with Crippen LogP contribution in [0.2, 0.25) is 0 Å². The van der Waals surface area contributed by atoms with E-state index in [-0.39, 0.29) is 11.9 Å². The second-order valence-corrected chi connectivity index (χ2v) is 5.13. The van der Waals surface area contributed by atoms with Gasteiger partial charge in [-0.2, -0.15) is 0 Å². The molecule has 1 aromatic carbocycles. The van der Waals surface area contributed by atoms with Crippen molar-refractivity contribution in [2.75, 3.05) is 6.54 Å². The van der Waals surface area contributed by atoms with E-state index in [1.807, 2.05) is 24.4 Å². The molecule has 1 atom stereocenters. The molecule has 3 heteroatoms. The second-order valence-electron chi connectivity index (χ2n) is 5.13. The number of aromatic nitrogens is 1. The minimum absolute atomic E-state index is 0.0583. The standard InChI is InChI=1S/C17H21FN2/c1-4-8-20-17(15-11-19-9-7-12(15)2)14-5-6-16(18)13(3)10-14/h5-7,9-11,17,20H,4,8H2,1-3H3. The molecule has 0 fully saturated rings. The number of halogens is 1. The molecule has 2 aromatic rings. The summed E-state index contributed by atoms with van der Waals surface area (Å²) >= 11 is 0. The number of hydrogen-bond acceptors (Lipinski definition) is 2. The van der Waals surface area contributed by atoms with E-state index in [4.69, 9.17) is 0 Å². The molecule has 0 saturated carbocycles. The van der Waals surface area contributed by atoms with Crippen molar-refractivity contribution in [1.29, 1.82) is 0 Å². The average Bonchev–Trinajstić information content (AvgIpc) is 2.44. The Hall–Kier alpha value is -1.74. The minimum atomic E-state index is -0.161. The number of benzene rings is 1. The Kier molecular flexibility index (Phi) is 4.85. The Labute approximate surface area is 120 Å². The van der Waals surface area contributed by atoms with Crippen molar-refractivity contribution in [2.45, 2.75) is 33.2 Å². The molecule has 0 aliphatic rings. The van der Waals surface area contributed by atoms with Crippen LogP contribution in [0.15, 0.2) is 36.7 Å². The molecule has 0 aliphatic heterocycles. The molecule has 0 radical (unpaired) electrons. The van der Waals surface area contributed by atoms with Gasteiger partial charge >= 0.3 is 0 Å². The number of pyridine rings is 1. The highest BCUT2D eigenvalue weighted by Crippen LogP contribution is 2.25. The van der Waals surface area contributed by atoms with Crippen LogP contribution in [0.4, 0.5) is 4.39 Å². The summed E-state index contributed by atoms with van der Waals surface area (Å²) in [6.07, 6.45) is 4.74. The van der Waals surface area contributed by atoms with Crippen LogP contribution in [0.25, 0.3) is 0 Å². The molecular formula is C17H21FN2. The van der Waals surface area contributed by atoms with Crippen LogP contribution in [0, 0.1) is 19.7 Å². The minimum Gasteiger partial charge on any atom is -0.306 e. The molecule has 0 aliphatic carbocycles. The fraction of sp³-hybridized carbons (Fsp3) is 0.353. The first-order valence-corrected chi connectivity index (χ1v) is 7.03. The van der Waals surface area contributed by atoms with Crippen molar-refractivity contribution in [3.8, 4) is 0 Å². The lowest BCUT2D eigenvalue weighted by atomic mass is 9.95. The molecule has 106 valence electrons. The van der Waals surface area contributed by atoms with Gasteiger partial charge in [-0.15, -0.1) is 0 Å². The van der Waals surface area contributed by atoms with Gasteiger partial charge in [0.25, 0.3) is 0 Å². The Morgan fingerprint density at radius 2 is 2.00 bits per heavy atom. The van der Waals surface area contributed by atoms with E-state index in [0.717, 1.165) is 24.1 Å². The van der Waals surface area contributed by atoms with Gasteiger partial charge < -0.3 is 5.32 Å². The first kappa shape index (κ1) is 14.7. The van der Waals surface area contributed by atoms with E-state index in [9.17, 15) is 4.39 Å². The zero-order chi connectivity index (χ0) is 14.5. The fourth-order valence-electron chi connectivity index (χ4n) is 2.32. The Morgan fingerprint density at radius 1 is 1.20 bits per heavy atom. The maximum absolute atomic E-state index is 13.5. The molecule has 2 nitrogen and oxygen atoms in total. The van der Waals surface area contributed by atoms with Crippen LogP contribution < -0.4 is 5.32 Å². The van der Waals surface area contributed by atoms with Gasteiger partial charge in [-0.05, 0) is 61.2 Å². The topological polar surface area (TPSA) is 24.9 Å². The Balaban J connectivity index is 2.41. The number of hydrogen-bond donors (Lipinski definition) is 1. The highest BCUT2D eigenvalue weighted by Gasteiger charge is 2.16. The quantitative estimate of drug-likeness (QED) is 0.892. The smallest absolute Gasteiger partial charge is 0.126 e. The molecule has 0 amide bonds. The van der Waals surface area contributed by atoms with Gasteiger partial charge in [0.15, 0.2) is 0 Å². The van der Waals surface area contributed by atoms with Crippen molar-refractivity contribution >= 4 is 0 Å². The number of nitrogens with zero attached hydrogens (tertiary/aromatic N) is 1. The highest BCUT2D eigenvalue weighted by molar-refractivity contribution is 5.36. The van der Waals surface area contributed by atoms with Crippen molar-refractivity contribution < 1.29 is 4.39 Å². The molecule has 1 N–H and O–H groups in total.